The highest BCUT2D eigenvalue weighted by atomic mass is 35.5. The molecule has 1 aromatic carbocycles. The number of carbonyl (C=O) groups excluding carboxylic acids is 3. The maximum atomic E-state index is 12.2. The van der Waals surface area contributed by atoms with Gasteiger partial charge in [0.15, 0.2) is 6.61 Å². The van der Waals surface area contributed by atoms with Crippen LogP contribution in [-0.4, -0.2) is 48.2 Å². The summed E-state index contributed by atoms with van der Waals surface area (Å²) in [5.74, 6) is -1.44. The van der Waals surface area contributed by atoms with E-state index >= 15 is 0 Å². The van der Waals surface area contributed by atoms with Gasteiger partial charge in [0.05, 0.1) is 17.2 Å². The van der Waals surface area contributed by atoms with E-state index in [2.05, 4.69) is 5.32 Å². The number of carbonyl (C=O) groups is 3. The number of ether oxygens (including phenoxy) is 2. The molecule has 1 aliphatic heterocycles. The van der Waals surface area contributed by atoms with Crippen molar-refractivity contribution in [1.29, 1.82) is 5.26 Å². The number of likely N-dealkylation sites (tertiary alicyclic amines) is 1. The molecule has 0 radical (unpaired) electrons. The van der Waals surface area contributed by atoms with Gasteiger partial charge in [-0.1, -0.05) is 11.6 Å². The van der Waals surface area contributed by atoms with E-state index in [1.165, 1.54) is 12.1 Å². The van der Waals surface area contributed by atoms with Gasteiger partial charge in [0.25, 0.3) is 5.91 Å². The second-order valence-corrected chi connectivity index (χ2v) is 8.14. The zero-order valence-electron chi connectivity index (χ0n) is 16.7. The highest BCUT2D eigenvalue weighted by Gasteiger charge is 2.31. The summed E-state index contributed by atoms with van der Waals surface area (Å²) in [7, 11) is 0. The van der Waals surface area contributed by atoms with Gasteiger partial charge in [-0.25, -0.2) is 4.79 Å². The highest BCUT2D eigenvalue weighted by Crippen LogP contribution is 2.22. The molecule has 2 amide bonds. The van der Waals surface area contributed by atoms with Gasteiger partial charge in [-0.05, 0) is 51.8 Å². The largest absolute Gasteiger partial charge is 0.455 e. The number of nitriles is 1. The first-order chi connectivity index (χ1) is 13.6. The summed E-state index contributed by atoms with van der Waals surface area (Å²) in [5.41, 5.74) is -0.0652. The van der Waals surface area contributed by atoms with Crippen LogP contribution >= 0.6 is 11.6 Å². The van der Waals surface area contributed by atoms with E-state index in [9.17, 15) is 14.4 Å². The number of esters is 1. The molecule has 2 rings (SSSR count). The van der Waals surface area contributed by atoms with E-state index in [0.29, 0.717) is 31.0 Å². The average molecular weight is 422 g/mol. The Labute approximate surface area is 174 Å². The molecule has 0 saturated carbocycles. The molecule has 1 fully saturated rings. The lowest BCUT2D eigenvalue weighted by atomic mass is 9.97. The van der Waals surface area contributed by atoms with Gasteiger partial charge in [0, 0.05) is 18.1 Å². The molecule has 0 atom stereocenters. The van der Waals surface area contributed by atoms with Gasteiger partial charge in [-0.3, -0.25) is 9.59 Å². The normalized spacial score (nSPS) is 14.7. The van der Waals surface area contributed by atoms with Crippen molar-refractivity contribution in [2.24, 2.45) is 5.92 Å². The first-order valence-corrected chi connectivity index (χ1v) is 9.61. The molecule has 1 saturated heterocycles. The lowest BCUT2D eigenvalue weighted by Crippen LogP contribution is -2.43. The molecule has 0 bridgehead atoms. The van der Waals surface area contributed by atoms with Crippen LogP contribution in [0.3, 0.4) is 0 Å². The first kappa shape index (κ1) is 22.5. The number of nitrogens with one attached hydrogen (secondary N) is 1. The van der Waals surface area contributed by atoms with Gasteiger partial charge >= 0.3 is 12.1 Å². The van der Waals surface area contributed by atoms with E-state index in [1.54, 1.807) is 31.7 Å². The summed E-state index contributed by atoms with van der Waals surface area (Å²) in [5, 5.41) is 11.9. The number of hydrogen-bond acceptors (Lipinski definition) is 6. The zero-order chi connectivity index (χ0) is 21.6. The van der Waals surface area contributed by atoms with Crippen LogP contribution in [0.1, 0.15) is 39.2 Å². The SMILES string of the molecule is CC(C)(C)OC(=O)N1CCC(C(=O)OCC(=O)Nc2cc(Cl)ccc2C#N)CC1. The number of hydrogen-bond donors (Lipinski definition) is 1. The van der Waals surface area contributed by atoms with Crippen molar-refractivity contribution in [3.05, 3.63) is 28.8 Å². The Bertz CT molecular complexity index is 820. The molecular formula is C20H24ClN3O5. The minimum Gasteiger partial charge on any atom is -0.455 e. The molecule has 0 aliphatic carbocycles. The molecule has 0 unspecified atom stereocenters. The second-order valence-electron chi connectivity index (χ2n) is 7.70. The third-order valence-corrected chi connectivity index (χ3v) is 4.44. The summed E-state index contributed by atoms with van der Waals surface area (Å²) in [6, 6.07) is 6.43. The standard InChI is InChI=1S/C20H24ClN3O5/c1-20(2,3)29-19(27)24-8-6-13(7-9-24)18(26)28-12-17(25)23-16-10-15(21)5-4-14(16)11-22/h4-5,10,13H,6-9,12H2,1-3H3,(H,23,25). The van der Waals surface area contributed by atoms with Crippen molar-refractivity contribution >= 4 is 35.3 Å². The molecule has 9 heteroatoms. The Balaban J connectivity index is 1.79. The van der Waals surface area contributed by atoms with E-state index in [4.69, 9.17) is 26.3 Å². The van der Waals surface area contributed by atoms with Crippen LogP contribution in [0, 0.1) is 17.2 Å². The van der Waals surface area contributed by atoms with Gasteiger partial charge in [-0.2, -0.15) is 5.26 Å². The lowest BCUT2D eigenvalue weighted by molar-refractivity contribution is -0.153. The van der Waals surface area contributed by atoms with Crippen LogP contribution in [0.25, 0.3) is 0 Å². The summed E-state index contributed by atoms with van der Waals surface area (Å²) in [4.78, 5) is 37.9. The highest BCUT2D eigenvalue weighted by molar-refractivity contribution is 6.31. The van der Waals surface area contributed by atoms with Crippen molar-refractivity contribution < 1.29 is 23.9 Å². The van der Waals surface area contributed by atoms with Crippen LogP contribution in [0.2, 0.25) is 5.02 Å². The van der Waals surface area contributed by atoms with E-state index in [-0.39, 0.29) is 17.2 Å². The topological polar surface area (TPSA) is 109 Å². The summed E-state index contributed by atoms with van der Waals surface area (Å²) in [6.45, 7) is 5.68. The Morgan fingerprint density at radius 3 is 2.52 bits per heavy atom. The number of piperidine rings is 1. The Kier molecular flexibility index (Phi) is 7.46. The fourth-order valence-corrected chi connectivity index (χ4v) is 2.95. The molecule has 0 aromatic heterocycles. The van der Waals surface area contributed by atoms with Crippen LogP contribution < -0.4 is 5.32 Å². The van der Waals surface area contributed by atoms with Crippen LogP contribution in [0.15, 0.2) is 18.2 Å². The quantitative estimate of drug-likeness (QED) is 0.747. The Morgan fingerprint density at radius 2 is 1.93 bits per heavy atom. The molecule has 1 N–H and O–H groups in total. The summed E-state index contributed by atoms with van der Waals surface area (Å²) >= 11 is 5.87. The van der Waals surface area contributed by atoms with E-state index in [1.807, 2.05) is 6.07 Å². The number of halogens is 1. The van der Waals surface area contributed by atoms with Crippen molar-refractivity contribution in [3.63, 3.8) is 0 Å². The summed E-state index contributed by atoms with van der Waals surface area (Å²) in [6.07, 6.45) is 0.470. The third-order valence-electron chi connectivity index (χ3n) is 4.20. The van der Waals surface area contributed by atoms with E-state index in [0.717, 1.165) is 0 Å². The van der Waals surface area contributed by atoms with E-state index < -0.39 is 30.2 Å². The zero-order valence-corrected chi connectivity index (χ0v) is 17.4. The number of nitrogens with zero attached hydrogens (tertiary/aromatic N) is 2. The number of anilines is 1. The number of rotatable bonds is 4. The molecule has 1 heterocycles. The van der Waals surface area contributed by atoms with Gasteiger partial charge in [0.2, 0.25) is 0 Å². The van der Waals surface area contributed by atoms with Crippen LogP contribution in [-0.2, 0) is 19.1 Å². The summed E-state index contributed by atoms with van der Waals surface area (Å²) < 4.78 is 10.4. The minimum atomic E-state index is -0.575. The molecule has 8 nitrogen and oxygen atoms in total. The number of amides is 2. The average Bonchev–Trinajstić information content (AvgIpc) is 2.65. The molecule has 1 aromatic rings. The molecule has 0 spiro atoms. The van der Waals surface area contributed by atoms with Crippen molar-refractivity contribution in [3.8, 4) is 6.07 Å². The minimum absolute atomic E-state index is 0.253. The molecule has 29 heavy (non-hydrogen) atoms. The Morgan fingerprint density at radius 1 is 1.28 bits per heavy atom. The predicted octanol–water partition coefficient (Wildman–Crippen LogP) is 3.34. The lowest BCUT2D eigenvalue weighted by Gasteiger charge is -2.32. The molecule has 156 valence electrons. The fraction of sp³-hybridized carbons (Fsp3) is 0.500. The molecular weight excluding hydrogens is 398 g/mol. The molecule has 1 aliphatic rings. The van der Waals surface area contributed by atoms with Crippen molar-refractivity contribution in [2.45, 2.75) is 39.2 Å². The smallest absolute Gasteiger partial charge is 0.410 e. The second kappa shape index (κ2) is 9.61. The van der Waals surface area contributed by atoms with Crippen LogP contribution in [0.5, 0.6) is 0 Å². The van der Waals surface area contributed by atoms with Gasteiger partial charge < -0.3 is 19.7 Å². The van der Waals surface area contributed by atoms with Gasteiger partial charge in [0.1, 0.15) is 11.7 Å². The van der Waals surface area contributed by atoms with Crippen molar-refractivity contribution in [1.82, 2.24) is 4.90 Å². The predicted molar refractivity (Wildman–Crippen MR) is 106 cm³/mol. The maximum absolute atomic E-state index is 12.2. The first-order valence-electron chi connectivity index (χ1n) is 9.23. The van der Waals surface area contributed by atoms with Gasteiger partial charge in [-0.15, -0.1) is 0 Å². The Hall–Kier alpha value is -2.79. The third kappa shape index (κ3) is 6.95. The van der Waals surface area contributed by atoms with Crippen LogP contribution in [0.4, 0.5) is 10.5 Å². The maximum Gasteiger partial charge on any atom is 0.410 e. The number of benzene rings is 1. The fourth-order valence-electron chi connectivity index (χ4n) is 2.78. The monoisotopic (exact) mass is 421 g/mol. The van der Waals surface area contributed by atoms with Crippen molar-refractivity contribution in [2.75, 3.05) is 25.0 Å².